The zero-order chi connectivity index (χ0) is 18.5. The maximum Gasteiger partial charge on any atom is 0.308 e. The van der Waals surface area contributed by atoms with Gasteiger partial charge in [-0.2, -0.15) is 0 Å². The maximum absolute atomic E-state index is 11.5. The van der Waals surface area contributed by atoms with Crippen molar-refractivity contribution in [2.24, 2.45) is 17.3 Å². The van der Waals surface area contributed by atoms with E-state index in [1.165, 1.54) is 31.4 Å². The highest BCUT2D eigenvalue weighted by Crippen LogP contribution is 2.61. The molecule has 0 aliphatic heterocycles. The average molecular weight is 356 g/mol. The fraction of sp³-hybridized carbons (Fsp3) is 0.636. The zero-order valence-corrected chi connectivity index (χ0v) is 15.9. The second kappa shape index (κ2) is 6.40. The van der Waals surface area contributed by atoms with Crippen molar-refractivity contribution < 1.29 is 19.1 Å². The summed E-state index contributed by atoms with van der Waals surface area (Å²) in [5, 5.41) is 0. The molecule has 0 amide bonds. The second-order valence-corrected chi connectivity index (χ2v) is 8.59. The van der Waals surface area contributed by atoms with Gasteiger partial charge in [0, 0.05) is 19.3 Å². The standard InChI is InChI=1S/C22H28O4/c1-13(23)25-16-5-7-17-15(12-16)4-6-19-18(17)10-11-22(3)20(19)8-9-21(22)26-14(2)24/h5,7,12,18-21H,4,6,8-11H2,1-3H3/t18-,19-,20-,21+,22+/m1/s1. The van der Waals surface area contributed by atoms with Gasteiger partial charge in [-0.05, 0) is 79.5 Å². The average Bonchev–Trinajstić information content (AvgIpc) is 2.90. The van der Waals surface area contributed by atoms with Crippen molar-refractivity contribution in [1.82, 2.24) is 0 Å². The van der Waals surface area contributed by atoms with Crippen LogP contribution in [0, 0.1) is 17.3 Å². The van der Waals surface area contributed by atoms with Crippen LogP contribution in [0.1, 0.15) is 69.9 Å². The van der Waals surface area contributed by atoms with Gasteiger partial charge in [-0.1, -0.05) is 13.0 Å². The number of esters is 2. The molecule has 3 aliphatic carbocycles. The number of carbonyl (C=O) groups excluding carboxylic acids is 2. The lowest BCUT2D eigenvalue weighted by Gasteiger charge is -2.50. The molecule has 140 valence electrons. The molecular formula is C22H28O4. The predicted octanol–water partition coefficient (Wildman–Crippen LogP) is 4.40. The van der Waals surface area contributed by atoms with E-state index in [0.717, 1.165) is 32.1 Å². The second-order valence-electron chi connectivity index (χ2n) is 8.59. The summed E-state index contributed by atoms with van der Waals surface area (Å²) >= 11 is 0. The van der Waals surface area contributed by atoms with Crippen molar-refractivity contribution in [3.8, 4) is 5.75 Å². The Morgan fingerprint density at radius 2 is 1.88 bits per heavy atom. The van der Waals surface area contributed by atoms with Gasteiger partial charge >= 0.3 is 11.9 Å². The van der Waals surface area contributed by atoms with Gasteiger partial charge in [0.2, 0.25) is 0 Å². The van der Waals surface area contributed by atoms with Crippen molar-refractivity contribution in [3.63, 3.8) is 0 Å². The van der Waals surface area contributed by atoms with Crippen molar-refractivity contribution >= 4 is 11.9 Å². The Kier molecular flexibility index (Phi) is 4.32. The molecule has 26 heavy (non-hydrogen) atoms. The molecule has 0 spiro atoms. The van der Waals surface area contributed by atoms with E-state index in [0.29, 0.717) is 23.5 Å². The van der Waals surface area contributed by atoms with Crippen LogP contribution in [0.25, 0.3) is 0 Å². The van der Waals surface area contributed by atoms with Gasteiger partial charge in [-0.15, -0.1) is 0 Å². The fourth-order valence-corrected chi connectivity index (χ4v) is 6.13. The van der Waals surface area contributed by atoms with Crippen LogP contribution in [-0.2, 0) is 20.7 Å². The van der Waals surface area contributed by atoms with Crippen LogP contribution in [0.5, 0.6) is 5.75 Å². The third kappa shape index (κ3) is 2.83. The summed E-state index contributed by atoms with van der Waals surface area (Å²) < 4.78 is 11.0. The smallest absolute Gasteiger partial charge is 0.308 e. The van der Waals surface area contributed by atoms with E-state index < -0.39 is 0 Å². The highest BCUT2D eigenvalue weighted by Gasteiger charge is 2.56. The first-order valence-electron chi connectivity index (χ1n) is 9.87. The van der Waals surface area contributed by atoms with Crippen LogP contribution in [-0.4, -0.2) is 18.0 Å². The summed E-state index contributed by atoms with van der Waals surface area (Å²) in [6.45, 7) is 5.31. The Balaban J connectivity index is 1.58. The van der Waals surface area contributed by atoms with Crippen molar-refractivity contribution in [1.29, 1.82) is 0 Å². The Morgan fingerprint density at radius 1 is 1.08 bits per heavy atom. The molecule has 0 aromatic heterocycles. The minimum atomic E-state index is -0.269. The first-order chi connectivity index (χ1) is 12.4. The molecule has 4 rings (SSSR count). The fourth-order valence-electron chi connectivity index (χ4n) is 6.13. The monoisotopic (exact) mass is 356 g/mol. The van der Waals surface area contributed by atoms with Gasteiger partial charge in [-0.3, -0.25) is 9.59 Å². The number of aryl methyl sites for hydroxylation is 1. The van der Waals surface area contributed by atoms with Crippen LogP contribution in [0.15, 0.2) is 18.2 Å². The SMILES string of the molecule is CC(=O)Oc1ccc2c(c1)CC[C@@H]1[C@@H]2CC[C@]2(C)[C@@H](OC(C)=O)CC[C@H]12. The van der Waals surface area contributed by atoms with E-state index in [-0.39, 0.29) is 23.5 Å². The van der Waals surface area contributed by atoms with Crippen molar-refractivity contribution in [3.05, 3.63) is 29.3 Å². The molecule has 4 nitrogen and oxygen atoms in total. The minimum Gasteiger partial charge on any atom is -0.462 e. The summed E-state index contributed by atoms with van der Waals surface area (Å²) in [5.74, 6) is 2.12. The van der Waals surface area contributed by atoms with Crippen LogP contribution < -0.4 is 4.74 Å². The summed E-state index contributed by atoms with van der Waals surface area (Å²) in [5.41, 5.74) is 2.90. The van der Waals surface area contributed by atoms with Crippen LogP contribution >= 0.6 is 0 Å². The van der Waals surface area contributed by atoms with E-state index in [2.05, 4.69) is 19.1 Å². The number of hydrogen-bond donors (Lipinski definition) is 0. The van der Waals surface area contributed by atoms with Gasteiger partial charge in [0.1, 0.15) is 11.9 Å². The number of ether oxygens (including phenoxy) is 2. The summed E-state index contributed by atoms with van der Waals surface area (Å²) in [7, 11) is 0. The van der Waals surface area contributed by atoms with E-state index in [1.807, 2.05) is 6.07 Å². The van der Waals surface area contributed by atoms with Crippen molar-refractivity contribution in [2.75, 3.05) is 0 Å². The van der Waals surface area contributed by atoms with Gasteiger partial charge in [0.05, 0.1) is 0 Å². The van der Waals surface area contributed by atoms with Gasteiger partial charge in [0.15, 0.2) is 0 Å². The highest BCUT2D eigenvalue weighted by molar-refractivity contribution is 5.69. The zero-order valence-electron chi connectivity index (χ0n) is 15.9. The number of carbonyl (C=O) groups is 2. The Morgan fingerprint density at radius 3 is 2.62 bits per heavy atom. The molecule has 1 aromatic carbocycles. The summed E-state index contributed by atoms with van der Waals surface area (Å²) in [4.78, 5) is 22.7. The normalized spacial score (nSPS) is 35.0. The number of rotatable bonds is 2. The first kappa shape index (κ1) is 17.6. The van der Waals surface area contributed by atoms with Crippen molar-refractivity contribution in [2.45, 2.75) is 71.3 Å². The third-order valence-electron chi connectivity index (χ3n) is 7.18. The topological polar surface area (TPSA) is 52.6 Å². The number of benzene rings is 1. The first-order valence-corrected chi connectivity index (χ1v) is 9.87. The number of fused-ring (bicyclic) bond motifs is 5. The van der Waals surface area contributed by atoms with Gasteiger partial charge in [0.25, 0.3) is 0 Å². The third-order valence-corrected chi connectivity index (χ3v) is 7.18. The highest BCUT2D eigenvalue weighted by atomic mass is 16.5. The molecule has 0 unspecified atom stereocenters. The maximum atomic E-state index is 11.5. The molecular weight excluding hydrogens is 328 g/mol. The molecule has 1 aromatic rings. The molecule has 0 radical (unpaired) electrons. The largest absolute Gasteiger partial charge is 0.462 e. The van der Waals surface area contributed by atoms with Crippen LogP contribution in [0.2, 0.25) is 0 Å². The Bertz CT molecular complexity index is 740. The van der Waals surface area contributed by atoms with Gasteiger partial charge in [-0.25, -0.2) is 0 Å². The lowest BCUT2D eigenvalue weighted by molar-refractivity contribution is -0.154. The molecule has 3 aliphatic rings. The summed E-state index contributed by atoms with van der Waals surface area (Å²) in [6, 6.07) is 6.16. The van der Waals surface area contributed by atoms with E-state index >= 15 is 0 Å². The number of hydrogen-bond acceptors (Lipinski definition) is 4. The Labute approximate surface area is 155 Å². The summed E-state index contributed by atoms with van der Waals surface area (Å²) in [6.07, 6.45) is 6.72. The van der Waals surface area contributed by atoms with Gasteiger partial charge < -0.3 is 9.47 Å². The Hall–Kier alpha value is -1.84. The molecule has 0 N–H and O–H groups in total. The van der Waals surface area contributed by atoms with Crippen LogP contribution in [0.3, 0.4) is 0 Å². The lowest BCUT2D eigenvalue weighted by Crippen LogP contribution is -2.45. The molecule has 0 bridgehead atoms. The molecule has 2 saturated carbocycles. The van der Waals surface area contributed by atoms with E-state index in [4.69, 9.17) is 9.47 Å². The molecule has 4 heteroatoms. The molecule has 5 atom stereocenters. The quantitative estimate of drug-likeness (QED) is 0.582. The predicted molar refractivity (Wildman–Crippen MR) is 97.9 cm³/mol. The minimum absolute atomic E-state index is 0.0821. The molecule has 2 fully saturated rings. The molecule has 0 saturated heterocycles. The van der Waals surface area contributed by atoms with E-state index in [9.17, 15) is 9.59 Å². The van der Waals surface area contributed by atoms with Crippen LogP contribution in [0.4, 0.5) is 0 Å². The molecule has 0 heterocycles. The van der Waals surface area contributed by atoms with E-state index in [1.54, 1.807) is 0 Å². The lowest BCUT2D eigenvalue weighted by atomic mass is 9.55.